The third kappa shape index (κ3) is 3.92. The van der Waals surface area contributed by atoms with E-state index in [1.807, 2.05) is 19.1 Å². The van der Waals surface area contributed by atoms with Gasteiger partial charge in [0.1, 0.15) is 11.5 Å². The Balaban J connectivity index is 1.74. The lowest BCUT2D eigenvalue weighted by molar-refractivity contribution is -0.385. The minimum Gasteiger partial charge on any atom is -0.455 e. The highest BCUT2D eigenvalue weighted by molar-refractivity contribution is 5.96. The van der Waals surface area contributed by atoms with Gasteiger partial charge in [-0.2, -0.15) is 5.10 Å². The molecule has 1 heterocycles. The van der Waals surface area contributed by atoms with Gasteiger partial charge in [-0.25, -0.2) is 5.43 Å². The van der Waals surface area contributed by atoms with E-state index < -0.39 is 4.92 Å². The first-order valence-corrected chi connectivity index (χ1v) is 8.20. The number of hydrogen-bond donors (Lipinski definition) is 1. The Morgan fingerprint density at radius 2 is 1.89 bits per heavy atom. The summed E-state index contributed by atoms with van der Waals surface area (Å²) >= 11 is 0. The van der Waals surface area contributed by atoms with E-state index in [1.54, 1.807) is 43.3 Å². The molecule has 136 valence electrons. The van der Waals surface area contributed by atoms with Gasteiger partial charge in [0.25, 0.3) is 11.6 Å². The summed E-state index contributed by atoms with van der Waals surface area (Å²) in [6.07, 6.45) is 1.38. The molecule has 0 spiro atoms. The zero-order valence-electron chi connectivity index (χ0n) is 14.8. The fraction of sp³-hybridized carbons (Fsp3) is 0.100. The smallest absolute Gasteiger partial charge is 0.273 e. The lowest BCUT2D eigenvalue weighted by Gasteiger charge is -2.03. The van der Waals surface area contributed by atoms with Crippen molar-refractivity contribution in [3.63, 3.8) is 0 Å². The molecule has 0 aliphatic carbocycles. The number of aryl methyl sites for hydroxylation is 1. The van der Waals surface area contributed by atoms with Gasteiger partial charge in [-0.15, -0.1) is 0 Å². The highest BCUT2D eigenvalue weighted by atomic mass is 16.6. The maximum atomic E-state index is 12.1. The van der Waals surface area contributed by atoms with Gasteiger partial charge in [0.2, 0.25) is 0 Å². The third-order valence-corrected chi connectivity index (χ3v) is 4.14. The number of amides is 1. The third-order valence-electron chi connectivity index (χ3n) is 4.14. The Labute approximate surface area is 155 Å². The van der Waals surface area contributed by atoms with Crippen LogP contribution in [0.2, 0.25) is 0 Å². The number of hydrogen-bond acceptors (Lipinski definition) is 5. The Bertz CT molecular complexity index is 1040. The first-order valence-electron chi connectivity index (χ1n) is 8.20. The summed E-state index contributed by atoms with van der Waals surface area (Å²) in [6.45, 7) is 3.52. The van der Waals surface area contributed by atoms with Crippen molar-refractivity contribution in [2.45, 2.75) is 13.8 Å². The van der Waals surface area contributed by atoms with E-state index in [-0.39, 0.29) is 11.6 Å². The van der Waals surface area contributed by atoms with Gasteiger partial charge in [0, 0.05) is 22.8 Å². The molecule has 3 aromatic rings. The van der Waals surface area contributed by atoms with Crippen LogP contribution in [-0.4, -0.2) is 17.0 Å². The van der Waals surface area contributed by atoms with Gasteiger partial charge in [-0.3, -0.25) is 14.9 Å². The lowest BCUT2D eigenvalue weighted by atomic mass is 10.1. The van der Waals surface area contributed by atoms with Crippen molar-refractivity contribution in [3.05, 3.63) is 87.2 Å². The Hall–Kier alpha value is -3.74. The van der Waals surface area contributed by atoms with Crippen molar-refractivity contribution in [2.24, 2.45) is 5.10 Å². The number of nitrogens with one attached hydrogen (secondary N) is 1. The maximum absolute atomic E-state index is 12.1. The monoisotopic (exact) mass is 363 g/mol. The molecule has 2 aromatic carbocycles. The van der Waals surface area contributed by atoms with Crippen LogP contribution < -0.4 is 5.43 Å². The van der Waals surface area contributed by atoms with Crippen LogP contribution in [0.5, 0.6) is 0 Å². The summed E-state index contributed by atoms with van der Waals surface area (Å²) in [5, 5.41) is 15.0. The molecule has 0 aliphatic rings. The predicted molar refractivity (Wildman–Crippen MR) is 102 cm³/mol. The van der Waals surface area contributed by atoms with Crippen LogP contribution in [0.1, 0.15) is 27.2 Å². The molecule has 0 atom stereocenters. The van der Waals surface area contributed by atoms with Crippen LogP contribution >= 0.6 is 0 Å². The van der Waals surface area contributed by atoms with Gasteiger partial charge >= 0.3 is 0 Å². The molecule has 1 amide bonds. The van der Waals surface area contributed by atoms with E-state index in [1.165, 1.54) is 12.3 Å². The summed E-state index contributed by atoms with van der Waals surface area (Å²) in [4.78, 5) is 22.8. The van der Waals surface area contributed by atoms with Crippen molar-refractivity contribution in [2.75, 3.05) is 0 Å². The van der Waals surface area contributed by atoms with Crippen LogP contribution in [0, 0.1) is 24.0 Å². The number of nitro groups is 1. The first-order chi connectivity index (χ1) is 13.0. The number of nitro benzene ring substituents is 1. The average Bonchev–Trinajstić information content (AvgIpc) is 3.10. The zero-order chi connectivity index (χ0) is 19.4. The zero-order valence-corrected chi connectivity index (χ0v) is 14.8. The van der Waals surface area contributed by atoms with Crippen LogP contribution in [0.4, 0.5) is 5.69 Å². The second-order valence-corrected chi connectivity index (χ2v) is 5.92. The highest BCUT2D eigenvalue weighted by Crippen LogP contribution is 2.30. The van der Waals surface area contributed by atoms with Gasteiger partial charge in [-0.1, -0.05) is 30.3 Å². The number of carbonyl (C=O) groups is 1. The number of hydrazone groups is 1. The fourth-order valence-electron chi connectivity index (χ4n) is 2.70. The summed E-state index contributed by atoms with van der Waals surface area (Å²) in [7, 11) is 0. The minimum atomic E-state index is -0.425. The van der Waals surface area contributed by atoms with Gasteiger partial charge in [0.05, 0.1) is 11.1 Å². The molecule has 7 heteroatoms. The second kappa shape index (κ2) is 7.65. The summed E-state index contributed by atoms with van der Waals surface area (Å²) in [6, 6.07) is 15.4. The van der Waals surface area contributed by atoms with E-state index in [4.69, 9.17) is 4.42 Å². The Morgan fingerprint density at radius 1 is 1.11 bits per heavy atom. The van der Waals surface area contributed by atoms with E-state index in [0.717, 1.165) is 5.56 Å². The Morgan fingerprint density at radius 3 is 2.63 bits per heavy atom. The largest absolute Gasteiger partial charge is 0.455 e. The SMILES string of the molecule is Cc1ccccc1C(=O)N/N=C\c1ccc(-c2cccc([N+](=O)[O-])c2C)o1. The van der Waals surface area contributed by atoms with Crippen molar-refractivity contribution in [1.82, 2.24) is 5.43 Å². The quantitative estimate of drug-likeness (QED) is 0.416. The number of carbonyl (C=O) groups excluding carboxylic acids is 1. The normalized spacial score (nSPS) is 10.9. The molecule has 0 fully saturated rings. The molecule has 27 heavy (non-hydrogen) atoms. The number of benzene rings is 2. The predicted octanol–water partition coefficient (Wildman–Crippen LogP) is 4.24. The minimum absolute atomic E-state index is 0.0320. The van der Waals surface area contributed by atoms with Crippen LogP contribution in [0.15, 0.2) is 64.1 Å². The maximum Gasteiger partial charge on any atom is 0.273 e. The fourth-order valence-corrected chi connectivity index (χ4v) is 2.70. The second-order valence-electron chi connectivity index (χ2n) is 5.92. The highest BCUT2D eigenvalue weighted by Gasteiger charge is 2.16. The number of rotatable bonds is 5. The summed E-state index contributed by atoms with van der Waals surface area (Å²) in [5.74, 6) is 0.592. The van der Waals surface area contributed by atoms with Crippen LogP contribution in [-0.2, 0) is 0 Å². The topological polar surface area (TPSA) is 97.7 Å². The van der Waals surface area contributed by atoms with Crippen LogP contribution in [0.3, 0.4) is 0 Å². The molecule has 0 radical (unpaired) electrons. The first kappa shape index (κ1) is 18.1. The molecule has 0 unspecified atom stereocenters. The molecule has 3 rings (SSSR count). The molecular formula is C20H17N3O4. The number of nitrogens with zero attached hydrogens (tertiary/aromatic N) is 2. The molecular weight excluding hydrogens is 346 g/mol. The van der Waals surface area contributed by atoms with Crippen molar-refractivity contribution < 1.29 is 14.1 Å². The standard InChI is InChI=1S/C20H17N3O4/c1-13-6-3-4-7-16(13)20(24)22-21-12-15-10-11-19(27-15)17-8-5-9-18(14(17)2)23(25)26/h3-12H,1-2H3,(H,22,24)/b21-12-. The van der Waals surface area contributed by atoms with Gasteiger partial charge in [-0.05, 0) is 37.6 Å². The molecule has 0 saturated heterocycles. The van der Waals surface area contributed by atoms with E-state index in [0.29, 0.717) is 28.2 Å². The summed E-state index contributed by atoms with van der Waals surface area (Å²) in [5.41, 5.74) is 5.04. The average molecular weight is 363 g/mol. The van der Waals surface area contributed by atoms with Gasteiger partial charge < -0.3 is 4.42 Å². The number of furan rings is 1. The van der Waals surface area contributed by atoms with E-state index in [9.17, 15) is 14.9 Å². The molecule has 1 N–H and O–H groups in total. The molecule has 7 nitrogen and oxygen atoms in total. The lowest BCUT2D eigenvalue weighted by Crippen LogP contribution is -2.18. The molecule has 0 aliphatic heterocycles. The van der Waals surface area contributed by atoms with E-state index >= 15 is 0 Å². The van der Waals surface area contributed by atoms with Crippen molar-refractivity contribution in [3.8, 4) is 11.3 Å². The van der Waals surface area contributed by atoms with Crippen molar-refractivity contribution in [1.29, 1.82) is 0 Å². The van der Waals surface area contributed by atoms with Crippen LogP contribution in [0.25, 0.3) is 11.3 Å². The summed E-state index contributed by atoms with van der Waals surface area (Å²) < 4.78 is 5.67. The Kier molecular flexibility index (Phi) is 5.12. The van der Waals surface area contributed by atoms with E-state index in [2.05, 4.69) is 10.5 Å². The molecule has 1 aromatic heterocycles. The molecule has 0 saturated carbocycles. The molecule has 0 bridgehead atoms. The van der Waals surface area contributed by atoms with Gasteiger partial charge in [0.15, 0.2) is 0 Å². The van der Waals surface area contributed by atoms with Crippen molar-refractivity contribution >= 4 is 17.8 Å².